The standard InChI is InChI=1S/C25H26N2O4/c1-3-31-22-15-11-20(12-16-22)25(29)26-17-23(28)27-24(18-7-5-4-6-8-18)19-9-13-21(30-2)14-10-19/h4-16,24H,3,17H2,1-2H3,(H,26,29)(H,27,28). The second-order valence-electron chi connectivity index (χ2n) is 6.82. The van der Waals surface area contributed by atoms with Gasteiger partial charge in [0.2, 0.25) is 5.91 Å². The summed E-state index contributed by atoms with van der Waals surface area (Å²) >= 11 is 0. The molecule has 160 valence electrons. The first-order chi connectivity index (χ1) is 15.1. The van der Waals surface area contributed by atoms with E-state index < -0.39 is 0 Å². The molecule has 0 radical (unpaired) electrons. The molecule has 3 rings (SSSR count). The third-order valence-corrected chi connectivity index (χ3v) is 4.72. The molecule has 3 aromatic carbocycles. The quantitative estimate of drug-likeness (QED) is 0.555. The summed E-state index contributed by atoms with van der Waals surface area (Å²) in [5.41, 5.74) is 2.32. The molecule has 3 aromatic rings. The molecule has 0 saturated carbocycles. The van der Waals surface area contributed by atoms with Crippen LogP contribution in [0.2, 0.25) is 0 Å². The van der Waals surface area contributed by atoms with E-state index in [0.717, 1.165) is 16.9 Å². The van der Waals surface area contributed by atoms with Gasteiger partial charge in [-0.1, -0.05) is 42.5 Å². The molecule has 1 unspecified atom stereocenters. The van der Waals surface area contributed by atoms with Gasteiger partial charge in [-0.3, -0.25) is 9.59 Å². The molecule has 0 saturated heterocycles. The van der Waals surface area contributed by atoms with Crippen LogP contribution in [0, 0.1) is 0 Å². The Balaban J connectivity index is 1.65. The minimum absolute atomic E-state index is 0.133. The van der Waals surface area contributed by atoms with E-state index in [1.807, 2.05) is 61.5 Å². The number of carbonyl (C=O) groups is 2. The average molecular weight is 418 g/mol. The van der Waals surface area contributed by atoms with Gasteiger partial charge in [-0.05, 0) is 54.4 Å². The molecule has 1 atom stereocenters. The number of methoxy groups -OCH3 is 1. The zero-order valence-corrected chi connectivity index (χ0v) is 17.6. The first-order valence-corrected chi connectivity index (χ1v) is 10.1. The fraction of sp³-hybridized carbons (Fsp3) is 0.200. The Bertz CT molecular complexity index is 986. The van der Waals surface area contributed by atoms with Crippen LogP contribution in [0.3, 0.4) is 0 Å². The van der Waals surface area contributed by atoms with Crippen LogP contribution in [-0.2, 0) is 4.79 Å². The molecule has 0 heterocycles. The van der Waals surface area contributed by atoms with Crippen molar-refractivity contribution < 1.29 is 19.1 Å². The Morgan fingerprint density at radius 1 is 0.839 bits per heavy atom. The summed E-state index contributed by atoms with van der Waals surface area (Å²) in [5, 5.41) is 5.67. The van der Waals surface area contributed by atoms with Gasteiger partial charge in [0.15, 0.2) is 0 Å². The Kier molecular flexibility index (Phi) is 7.65. The van der Waals surface area contributed by atoms with Crippen molar-refractivity contribution in [1.82, 2.24) is 10.6 Å². The van der Waals surface area contributed by atoms with Gasteiger partial charge >= 0.3 is 0 Å². The maximum absolute atomic E-state index is 12.6. The van der Waals surface area contributed by atoms with Crippen molar-refractivity contribution >= 4 is 11.8 Å². The number of hydrogen-bond acceptors (Lipinski definition) is 4. The average Bonchev–Trinajstić information content (AvgIpc) is 2.82. The molecule has 6 nitrogen and oxygen atoms in total. The minimum atomic E-state index is -0.345. The molecule has 0 aliphatic rings. The molecular weight excluding hydrogens is 392 g/mol. The third kappa shape index (κ3) is 6.09. The van der Waals surface area contributed by atoms with Gasteiger partial charge in [0.1, 0.15) is 11.5 Å². The summed E-state index contributed by atoms with van der Waals surface area (Å²) in [7, 11) is 1.61. The first-order valence-electron chi connectivity index (χ1n) is 10.1. The van der Waals surface area contributed by atoms with Crippen LogP contribution in [0.25, 0.3) is 0 Å². The summed E-state index contributed by atoms with van der Waals surface area (Å²) < 4.78 is 10.6. The largest absolute Gasteiger partial charge is 0.497 e. The van der Waals surface area contributed by atoms with Crippen molar-refractivity contribution in [2.24, 2.45) is 0 Å². The number of nitrogens with one attached hydrogen (secondary N) is 2. The van der Waals surface area contributed by atoms with Crippen molar-refractivity contribution in [3.63, 3.8) is 0 Å². The van der Waals surface area contributed by atoms with Gasteiger partial charge in [-0.2, -0.15) is 0 Å². The first kappa shape index (κ1) is 21.9. The van der Waals surface area contributed by atoms with Crippen molar-refractivity contribution in [2.75, 3.05) is 20.3 Å². The van der Waals surface area contributed by atoms with E-state index in [1.165, 1.54) is 0 Å². The predicted octanol–water partition coefficient (Wildman–Crippen LogP) is 3.73. The number of ether oxygens (including phenoxy) is 2. The SMILES string of the molecule is CCOc1ccc(C(=O)NCC(=O)NC(c2ccccc2)c2ccc(OC)cc2)cc1. The highest BCUT2D eigenvalue weighted by Crippen LogP contribution is 2.24. The number of hydrogen-bond donors (Lipinski definition) is 2. The zero-order chi connectivity index (χ0) is 22.1. The van der Waals surface area contributed by atoms with E-state index >= 15 is 0 Å². The van der Waals surface area contributed by atoms with Crippen LogP contribution >= 0.6 is 0 Å². The Labute approximate surface area is 182 Å². The summed E-state index contributed by atoms with van der Waals surface area (Å²) in [6, 6.07) is 23.7. The highest BCUT2D eigenvalue weighted by atomic mass is 16.5. The number of benzene rings is 3. The lowest BCUT2D eigenvalue weighted by atomic mass is 9.98. The summed E-state index contributed by atoms with van der Waals surface area (Å²) in [6.07, 6.45) is 0. The van der Waals surface area contributed by atoms with E-state index in [4.69, 9.17) is 9.47 Å². The van der Waals surface area contributed by atoms with Crippen molar-refractivity contribution in [2.45, 2.75) is 13.0 Å². The summed E-state index contributed by atoms with van der Waals surface area (Å²) in [4.78, 5) is 25.0. The topological polar surface area (TPSA) is 76.7 Å². The second-order valence-corrected chi connectivity index (χ2v) is 6.82. The summed E-state index contributed by atoms with van der Waals surface area (Å²) in [6.45, 7) is 2.32. The van der Waals surface area contributed by atoms with Gasteiger partial charge in [-0.15, -0.1) is 0 Å². The molecule has 0 spiro atoms. The van der Waals surface area contributed by atoms with Gasteiger partial charge in [0.05, 0.1) is 26.3 Å². The fourth-order valence-electron chi connectivity index (χ4n) is 3.14. The molecule has 0 aromatic heterocycles. The van der Waals surface area contributed by atoms with E-state index in [0.29, 0.717) is 17.9 Å². The molecule has 2 N–H and O–H groups in total. The second kappa shape index (κ2) is 10.8. The monoisotopic (exact) mass is 418 g/mol. The highest BCUT2D eigenvalue weighted by Gasteiger charge is 2.17. The van der Waals surface area contributed by atoms with Crippen molar-refractivity contribution in [3.05, 3.63) is 95.6 Å². The normalized spacial score (nSPS) is 11.3. The van der Waals surface area contributed by atoms with Crippen LogP contribution in [0.5, 0.6) is 11.5 Å². The lowest BCUT2D eigenvalue weighted by Crippen LogP contribution is -2.39. The predicted molar refractivity (Wildman–Crippen MR) is 119 cm³/mol. The van der Waals surface area contributed by atoms with Crippen LogP contribution in [0.1, 0.15) is 34.5 Å². The van der Waals surface area contributed by atoms with Gasteiger partial charge in [0, 0.05) is 5.56 Å². The Hall–Kier alpha value is -3.80. The molecule has 6 heteroatoms. The van der Waals surface area contributed by atoms with Gasteiger partial charge in [0.25, 0.3) is 5.91 Å². The third-order valence-electron chi connectivity index (χ3n) is 4.72. The molecular formula is C25H26N2O4. The van der Waals surface area contributed by atoms with E-state index in [1.54, 1.807) is 31.4 Å². The van der Waals surface area contributed by atoms with E-state index in [9.17, 15) is 9.59 Å². The van der Waals surface area contributed by atoms with Crippen LogP contribution in [0.4, 0.5) is 0 Å². The molecule has 31 heavy (non-hydrogen) atoms. The van der Waals surface area contributed by atoms with Gasteiger partial charge < -0.3 is 20.1 Å². The van der Waals surface area contributed by atoms with Crippen LogP contribution in [0.15, 0.2) is 78.9 Å². The summed E-state index contributed by atoms with van der Waals surface area (Å²) in [5.74, 6) is 0.828. The van der Waals surface area contributed by atoms with Crippen molar-refractivity contribution in [1.29, 1.82) is 0 Å². The van der Waals surface area contributed by atoms with E-state index in [-0.39, 0.29) is 24.4 Å². The van der Waals surface area contributed by atoms with Crippen LogP contribution < -0.4 is 20.1 Å². The molecule has 0 bridgehead atoms. The smallest absolute Gasteiger partial charge is 0.251 e. The van der Waals surface area contributed by atoms with Gasteiger partial charge in [-0.25, -0.2) is 0 Å². The Morgan fingerprint density at radius 3 is 2.06 bits per heavy atom. The minimum Gasteiger partial charge on any atom is -0.497 e. The fourth-order valence-corrected chi connectivity index (χ4v) is 3.14. The maximum Gasteiger partial charge on any atom is 0.251 e. The highest BCUT2D eigenvalue weighted by molar-refractivity contribution is 5.96. The molecule has 0 fully saturated rings. The number of carbonyl (C=O) groups excluding carboxylic acids is 2. The molecule has 0 aliphatic carbocycles. The van der Waals surface area contributed by atoms with Crippen LogP contribution in [-0.4, -0.2) is 32.1 Å². The maximum atomic E-state index is 12.6. The lowest BCUT2D eigenvalue weighted by Gasteiger charge is -2.20. The zero-order valence-electron chi connectivity index (χ0n) is 17.6. The van der Waals surface area contributed by atoms with Crippen molar-refractivity contribution in [3.8, 4) is 11.5 Å². The van der Waals surface area contributed by atoms with E-state index in [2.05, 4.69) is 10.6 Å². The number of amides is 2. The lowest BCUT2D eigenvalue weighted by molar-refractivity contribution is -0.120. The Morgan fingerprint density at radius 2 is 1.45 bits per heavy atom. The number of rotatable bonds is 9. The molecule has 2 amide bonds. The molecule has 0 aliphatic heterocycles.